The van der Waals surface area contributed by atoms with Gasteiger partial charge >= 0.3 is 6.18 Å². The normalized spacial score (nSPS) is 11.9. The third kappa shape index (κ3) is 1.69. The monoisotopic (exact) mass is 214 g/mol. The van der Waals surface area contributed by atoms with E-state index in [2.05, 4.69) is 0 Å². The molecule has 0 unspecified atom stereocenters. The predicted octanol–water partition coefficient (Wildman–Crippen LogP) is 3.43. The van der Waals surface area contributed by atoms with Gasteiger partial charge in [0.25, 0.3) is 0 Å². The zero-order chi connectivity index (χ0) is 11.1. The second-order valence-corrected chi connectivity index (χ2v) is 2.68. The average Bonchev–Trinajstić information content (AvgIpc) is 1.97. The smallest absolute Gasteiger partial charge is 0.206 e. The van der Waals surface area contributed by atoms with Gasteiger partial charge in [0.15, 0.2) is 11.6 Å². The van der Waals surface area contributed by atoms with E-state index < -0.39 is 34.8 Å². The molecule has 0 saturated carbocycles. The lowest BCUT2D eigenvalue weighted by Crippen LogP contribution is -2.13. The van der Waals surface area contributed by atoms with Gasteiger partial charge in [-0.05, 0) is 18.6 Å². The van der Waals surface area contributed by atoms with Crippen molar-refractivity contribution in [1.82, 2.24) is 0 Å². The Morgan fingerprint density at radius 3 is 1.93 bits per heavy atom. The second kappa shape index (κ2) is 3.18. The van der Waals surface area contributed by atoms with Crippen molar-refractivity contribution >= 4 is 0 Å². The molecule has 0 fully saturated rings. The summed E-state index contributed by atoms with van der Waals surface area (Å²) in [5.74, 6) is -5.69. The van der Waals surface area contributed by atoms with E-state index >= 15 is 0 Å². The average molecular weight is 214 g/mol. The number of halogens is 6. The van der Waals surface area contributed by atoms with E-state index in [4.69, 9.17) is 0 Å². The first-order chi connectivity index (χ1) is 6.25. The molecule has 0 aliphatic heterocycles. The minimum absolute atomic E-state index is 0.307. The summed E-state index contributed by atoms with van der Waals surface area (Å²) in [6, 6.07) is 0.307. The molecule has 0 saturated heterocycles. The molecule has 1 rings (SSSR count). The van der Waals surface area contributed by atoms with Gasteiger partial charge < -0.3 is 0 Å². The van der Waals surface area contributed by atoms with Crippen LogP contribution in [0.5, 0.6) is 0 Å². The van der Waals surface area contributed by atoms with Crippen LogP contribution in [-0.4, -0.2) is 0 Å². The van der Waals surface area contributed by atoms with Crippen molar-refractivity contribution in [3.05, 3.63) is 34.6 Å². The third-order valence-electron chi connectivity index (χ3n) is 1.62. The molecule has 0 N–H and O–H groups in total. The summed E-state index contributed by atoms with van der Waals surface area (Å²) in [6.45, 7) is 0.974. The molecule has 0 atom stereocenters. The number of hydrogen-bond donors (Lipinski definition) is 0. The number of alkyl halides is 3. The fraction of sp³-hybridized carbons (Fsp3) is 0.250. The highest BCUT2D eigenvalue weighted by atomic mass is 19.4. The fourth-order valence-electron chi connectivity index (χ4n) is 0.973. The van der Waals surface area contributed by atoms with Gasteiger partial charge in [0.2, 0.25) is 0 Å². The zero-order valence-electron chi connectivity index (χ0n) is 6.85. The van der Waals surface area contributed by atoms with Crippen LogP contribution in [0.15, 0.2) is 6.07 Å². The van der Waals surface area contributed by atoms with Gasteiger partial charge in [-0.1, -0.05) is 0 Å². The van der Waals surface area contributed by atoms with Crippen LogP contribution in [-0.2, 0) is 6.18 Å². The summed E-state index contributed by atoms with van der Waals surface area (Å²) >= 11 is 0. The topological polar surface area (TPSA) is 0 Å². The fourth-order valence-corrected chi connectivity index (χ4v) is 0.973. The van der Waals surface area contributed by atoms with Crippen molar-refractivity contribution in [1.29, 1.82) is 0 Å². The summed E-state index contributed by atoms with van der Waals surface area (Å²) in [5.41, 5.74) is -2.70. The minimum atomic E-state index is -5.23. The molecule has 78 valence electrons. The molecule has 0 bridgehead atoms. The molecule has 1 aromatic carbocycles. The molecule has 0 spiro atoms. The van der Waals surface area contributed by atoms with Gasteiger partial charge in [-0.25, -0.2) is 13.2 Å². The van der Waals surface area contributed by atoms with Crippen LogP contribution < -0.4 is 0 Å². The molecular formula is C8H4F6. The Morgan fingerprint density at radius 2 is 1.50 bits per heavy atom. The summed E-state index contributed by atoms with van der Waals surface area (Å²) in [6.07, 6.45) is -5.23. The molecule has 0 amide bonds. The summed E-state index contributed by atoms with van der Waals surface area (Å²) in [5, 5.41) is 0. The minimum Gasteiger partial charge on any atom is -0.206 e. The number of benzene rings is 1. The summed E-state index contributed by atoms with van der Waals surface area (Å²) in [7, 11) is 0. The van der Waals surface area contributed by atoms with Crippen LogP contribution in [0.25, 0.3) is 0 Å². The molecule has 1 aromatic rings. The summed E-state index contributed by atoms with van der Waals surface area (Å²) in [4.78, 5) is 0. The maximum absolute atomic E-state index is 12.7. The van der Waals surface area contributed by atoms with Crippen molar-refractivity contribution in [2.24, 2.45) is 0 Å². The van der Waals surface area contributed by atoms with E-state index in [1.54, 1.807) is 0 Å². The Kier molecular flexibility index (Phi) is 2.47. The first-order valence-corrected chi connectivity index (χ1v) is 3.46. The second-order valence-electron chi connectivity index (χ2n) is 2.68. The van der Waals surface area contributed by atoms with Crippen LogP contribution in [0.2, 0.25) is 0 Å². The van der Waals surface area contributed by atoms with E-state index in [-0.39, 0.29) is 0 Å². The molecule has 14 heavy (non-hydrogen) atoms. The molecule has 0 radical (unpaired) electrons. The van der Waals surface area contributed by atoms with Gasteiger partial charge in [-0.3, -0.25) is 0 Å². The molecule has 0 nitrogen and oxygen atoms in total. The molecule has 0 aliphatic rings. The van der Waals surface area contributed by atoms with Crippen molar-refractivity contribution in [3.63, 3.8) is 0 Å². The first kappa shape index (κ1) is 10.9. The number of aryl methyl sites for hydroxylation is 1. The van der Waals surface area contributed by atoms with E-state index in [1.807, 2.05) is 0 Å². The van der Waals surface area contributed by atoms with Crippen molar-refractivity contribution in [2.45, 2.75) is 13.1 Å². The zero-order valence-corrected chi connectivity index (χ0v) is 6.85. The molecule has 0 heterocycles. The van der Waals surface area contributed by atoms with E-state index in [0.29, 0.717) is 6.07 Å². The van der Waals surface area contributed by atoms with Crippen LogP contribution in [0.4, 0.5) is 26.3 Å². The lowest BCUT2D eigenvalue weighted by atomic mass is 10.1. The van der Waals surface area contributed by atoms with Crippen molar-refractivity contribution in [3.8, 4) is 0 Å². The van der Waals surface area contributed by atoms with E-state index in [0.717, 1.165) is 6.92 Å². The van der Waals surface area contributed by atoms with Crippen LogP contribution in [0.3, 0.4) is 0 Å². The third-order valence-corrected chi connectivity index (χ3v) is 1.62. The largest absolute Gasteiger partial charge is 0.422 e. The van der Waals surface area contributed by atoms with Gasteiger partial charge in [0, 0.05) is 0 Å². The quantitative estimate of drug-likeness (QED) is 0.458. The van der Waals surface area contributed by atoms with Crippen LogP contribution >= 0.6 is 0 Å². The van der Waals surface area contributed by atoms with Crippen LogP contribution in [0.1, 0.15) is 11.1 Å². The highest BCUT2D eigenvalue weighted by Crippen LogP contribution is 2.35. The molecule has 6 heteroatoms. The lowest BCUT2D eigenvalue weighted by molar-refractivity contribution is -0.142. The van der Waals surface area contributed by atoms with Crippen molar-refractivity contribution in [2.75, 3.05) is 0 Å². The Labute approximate surface area is 75.2 Å². The predicted molar refractivity (Wildman–Crippen MR) is 36.1 cm³/mol. The first-order valence-electron chi connectivity index (χ1n) is 3.46. The van der Waals surface area contributed by atoms with Gasteiger partial charge in [0.05, 0.1) is 0 Å². The Hall–Kier alpha value is -1.20. The Morgan fingerprint density at radius 1 is 1.00 bits per heavy atom. The Balaban J connectivity index is 3.53. The maximum Gasteiger partial charge on any atom is 0.422 e. The van der Waals surface area contributed by atoms with E-state index in [9.17, 15) is 26.3 Å². The number of hydrogen-bond acceptors (Lipinski definition) is 0. The molecular weight excluding hydrogens is 210 g/mol. The molecule has 0 aromatic heterocycles. The molecule has 0 aliphatic carbocycles. The highest BCUT2D eigenvalue weighted by molar-refractivity contribution is 5.29. The SMILES string of the molecule is Cc1cc(F)c(C(F)(F)F)c(F)c1F. The summed E-state index contributed by atoms with van der Waals surface area (Å²) < 4.78 is 73.9. The van der Waals surface area contributed by atoms with Gasteiger partial charge in [0.1, 0.15) is 11.4 Å². The van der Waals surface area contributed by atoms with Crippen LogP contribution in [0, 0.1) is 24.4 Å². The number of rotatable bonds is 0. The maximum atomic E-state index is 12.7. The van der Waals surface area contributed by atoms with Gasteiger partial charge in [-0.15, -0.1) is 0 Å². The van der Waals surface area contributed by atoms with E-state index in [1.165, 1.54) is 0 Å². The van der Waals surface area contributed by atoms with Gasteiger partial charge in [-0.2, -0.15) is 13.2 Å². The highest BCUT2D eigenvalue weighted by Gasteiger charge is 2.39. The standard InChI is InChI=1S/C8H4F6/c1-3-2-4(9)5(8(12,13)14)7(11)6(3)10/h2H,1H3. The van der Waals surface area contributed by atoms with Crippen molar-refractivity contribution < 1.29 is 26.3 Å². The Bertz CT molecular complexity index is 365. The lowest BCUT2D eigenvalue weighted by Gasteiger charge is -2.10.